The summed E-state index contributed by atoms with van der Waals surface area (Å²) < 4.78 is 16.7. The molecule has 0 radical (unpaired) electrons. The van der Waals surface area contributed by atoms with E-state index in [1.165, 1.54) is 103 Å². The van der Waals surface area contributed by atoms with Crippen LogP contribution in [0.1, 0.15) is 239 Å². The third-order valence-corrected chi connectivity index (χ3v) is 11.1. The van der Waals surface area contributed by atoms with E-state index >= 15 is 0 Å². The number of allylic oxidation sites excluding steroid dienone is 16. The van der Waals surface area contributed by atoms with Crippen LogP contribution in [0.4, 0.5) is 0 Å². The molecule has 0 saturated heterocycles. The Bertz CT molecular complexity index is 1310. The summed E-state index contributed by atoms with van der Waals surface area (Å²) in [6, 6.07) is 0. The number of hydrogen-bond donors (Lipinski definition) is 0. The number of esters is 3. The largest absolute Gasteiger partial charge is 0.462 e. The van der Waals surface area contributed by atoms with E-state index < -0.39 is 6.10 Å². The summed E-state index contributed by atoms with van der Waals surface area (Å²) in [4.78, 5) is 38.0. The Balaban J connectivity index is 4.46. The van der Waals surface area contributed by atoms with Crippen molar-refractivity contribution in [2.24, 2.45) is 0 Å². The number of ether oxygens (including phenoxy) is 3. The number of carbonyl (C=O) groups excluding carboxylic acids is 3. The Kier molecular flexibility index (Phi) is 50.0. The number of unbranched alkanes of at least 4 members (excludes halogenated alkanes) is 21. The van der Waals surface area contributed by atoms with Gasteiger partial charge in [-0.2, -0.15) is 0 Å². The molecule has 0 aromatic rings. The zero-order valence-electron chi connectivity index (χ0n) is 42.2. The Morgan fingerprint density at radius 3 is 1.15 bits per heavy atom. The average Bonchev–Trinajstić information content (AvgIpc) is 3.30. The second kappa shape index (κ2) is 52.9. The van der Waals surface area contributed by atoms with Gasteiger partial charge in [0.05, 0.1) is 0 Å². The van der Waals surface area contributed by atoms with Gasteiger partial charge in [-0.25, -0.2) is 0 Å². The van der Waals surface area contributed by atoms with Crippen molar-refractivity contribution < 1.29 is 28.6 Å². The van der Waals surface area contributed by atoms with Crippen molar-refractivity contribution in [3.63, 3.8) is 0 Å². The topological polar surface area (TPSA) is 78.9 Å². The lowest BCUT2D eigenvalue weighted by atomic mass is 10.1. The minimum atomic E-state index is -0.820. The second-order valence-corrected chi connectivity index (χ2v) is 17.4. The Labute approximate surface area is 400 Å². The highest BCUT2D eigenvalue weighted by atomic mass is 16.6. The van der Waals surface area contributed by atoms with Gasteiger partial charge in [-0.1, -0.05) is 214 Å². The van der Waals surface area contributed by atoms with Gasteiger partial charge in [0.15, 0.2) is 6.10 Å². The number of rotatable bonds is 47. The maximum atomic E-state index is 12.8. The van der Waals surface area contributed by atoms with Crippen LogP contribution in [-0.2, 0) is 28.6 Å². The van der Waals surface area contributed by atoms with E-state index in [1.807, 2.05) is 0 Å². The summed E-state index contributed by atoms with van der Waals surface area (Å²) in [5.74, 6) is -1.01. The van der Waals surface area contributed by atoms with Crippen LogP contribution in [0.3, 0.4) is 0 Å². The summed E-state index contributed by atoms with van der Waals surface area (Å²) in [6.07, 6.45) is 69.8. The van der Waals surface area contributed by atoms with E-state index in [2.05, 4.69) is 118 Å². The molecule has 0 aromatic carbocycles. The van der Waals surface area contributed by atoms with E-state index in [0.29, 0.717) is 19.3 Å². The zero-order valence-corrected chi connectivity index (χ0v) is 42.2. The highest BCUT2D eigenvalue weighted by Gasteiger charge is 2.19. The van der Waals surface area contributed by atoms with Gasteiger partial charge in [0, 0.05) is 19.3 Å². The van der Waals surface area contributed by atoms with Crippen molar-refractivity contribution in [3.05, 3.63) is 97.2 Å². The molecule has 1 atom stereocenters. The van der Waals surface area contributed by atoms with Gasteiger partial charge < -0.3 is 14.2 Å². The van der Waals surface area contributed by atoms with Gasteiger partial charge in [0.2, 0.25) is 0 Å². The predicted octanol–water partition coefficient (Wildman–Crippen LogP) is 17.8. The van der Waals surface area contributed by atoms with Crippen LogP contribution >= 0.6 is 0 Å². The SMILES string of the molecule is CC/C=C\C/C=C\C/C=C\C/C=C\C/C=C\CCCC(=O)OC(COC(=O)CCCCC/C=C\C=C/CCCC)COC(=O)CCCCCCCCC/C=C\CCCCCCCCCC. The fourth-order valence-corrected chi connectivity index (χ4v) is 7.04. The summed E-state index contributed by atoms with van der Waals surface area (Å²) in [6.45, 7) is 6.39. The summed E-state index contributed by atoms with van der Waals surface area (Å²) in [5.41, 5.74) is 0. The lowest BCUT2D eigenvalue weighted by Crippen LogP contribution is -2.30. The van der Waals surface area contributed by atoms with Crippen molar-refractivity contribution in [3.8, 4) is 0 Å². The lowest BCUT2D eigenvalue weighted by molar-refractivity contribution is -0.167. The molecule has 0 rings (SSSR count). The molecular weight excluding hydrogens is 805 g/mol. The lowest BCUT2D eigenvalue weighted by Gasteiger charge is -2.18. The third kappa shape index (κ3) is 51.2. The molecule has 0 spiro atoms. The smallest absolute Gasteiger partial charge is 0.306 e. The van der Waals surface area contributed by atoms with Crippen LogP contribution in [0.2, 0.25) is 0 Å². The first-order chi connectivity index (χ1) is 32.0. The monoisotopic (exact) mass is 903 g/mol. The van der Waals surface area contributed by atoms with Crippen LogP contribution in [0.25, 0.3) is 0 Å². The third-order valence-electron chi connectivity index (χ3n) is 11.1. The minimum Gasteiger partial charge on any atom is -0.462 e. The summed E-state index contributed by atoms with van der Waals surface area (Å²) in [5, 5.41) is 0. The molecule has 6 heteroatoms. The van der Waals surface area contributed by atoms with Gasteiger partial charge in [-0.15, -0.1) is 0 Å². The minimum absolute atomic E-state index is 0.112. The normalized spacial score (nSPS) is 12.8. The van der Waals surface area contributed by atoms with E-state index in [-0.39, 0.29) is 37.5 Å². The molecular formula is C59H98O6. The van der Waals surface area contributed by atoms with E-state index in [4.69, 9.17) is 14.2 Å². The Morgan fingerprint density at radius 2 is 0.677 bits per heavy atom. The van der Waals surface area contributed by atoms with Crippen molar-refractivity contribution in [1.29, 1.82) is 0 Å². The van der Waals surface area contributed by atoms with Gasteiger partial charge in [-0.05, 0) is 103 Å². The van der Waals surface area contributed by atoms with Crippen LogP contribution in [0.15, 0.2) is 97.2 Å². The fourth-order valence-electron chi connectivity index (χ4n) is 7.04. The molecule has 0 fully saturated rings. The predicted molar refractivity (Wildman–Crippen MR) is 279 cm³/mol. The molecule has 0 N–H and O–H groups in total. The molecule has 6 nitrogen and oxygen atoms in total. The number of carbonyl (C=O) groups is 3. The van der Waals surface area contributed by atoms with Crippen LogP contribution in [-0.4, -0.2) is 37.2 Å². The molecule has 0 saturated carbocycles. The molecule has 1 unspecified atom stereocenters. The Hall–Kier alpha value is -3.67. The molecule has 370 valence electrons. The molecule has 0 heterocycles. The van der Waals surface area contributed by atoms with Crippen LogP contribution in [0, 0.1) is 0 Å². The fraction of sp³-hybridized carbons (Fsp3) is 0.678. The van der Waals surface area contributed by atoms with E-state index in [9.17, 15) is 14.4 Å². The van der Waals surface area contributed by atoms with Crippen molar-refractivity contribution in [2.45, 2.75) is 245 Å². The van der Waals surface area contributed by atoms with Gasteiger partial charge >= 0.3 is 17.9 Å². The first-order valence-corrected chi connectivity index (χ1v) is 26.8. The van der Waals surface area contributed by atoms with Crippen molar-refractivity contribution in [1.82, 2.24) is 0 Å². The Morgan fingerprint density at radius 1 is 0.338 bits per heavy atom. The molecule has 0 aliphatic rings. The first kappa shape index (κ1) is 61.3. The maximum absolute atomic E-state index is 12.8. The van der Waals surface area contributed by atoms with Crippen LogP contribution < -0.4 is 0 Å². The zero-order chi connectivity index (χ0) is 47.2. The average molecular weight is 903 g/mol. The quantitative estimate of drug-likeness (QED) is 0.0199. The second-order valence-electron chi connectivity index (χ2n) is 17.4. The molecule has 0 aromatic heterocycles. The molecule has 65 heavy (non-hydrogen) atoms. The highest BCUT2D eigenvalue weighted by Crippen LogP contribution is 2.14. The molecule has 0 aliphatic heterocycles. The summed E-state index contributed by atoms with van der Waals surface area (Å²) >= 11 is 0. The standard InChI is InChI=1S/C59H98O6/c1-4-7-10-13-16-19-22-24-26-28-29-31-32-34-37-40-43-46-49-52-58(61)64-55-56(54-63-57(60)51-48-45-42-39-36-21-18-15-12-9-6-3)65-59(62)53-50-47-44-41-38-35-33-30-27-25-23-20-17-14-11-8-5-2/h8,11,15,17-18,20-21,25,27-29,33,35-36,41,44,56H,4-7,9-10,12-14,16,19,22-24,26,30-32,34,37-40,42-43,45-55H2,1-3H3/b11-8-,18-15-,20-17-,27-25-,29-28-,35-33-,36-21-,44-41-. The van der Waals surface area contributed by atoms with Gasteiger partial charge in [-0.3, -0.25) is 14.4 Å². The highest BCUT2D eigenvalue weighted by molar-refractivity contribution is 5.71. The first-order valence-electron chi connectivity index (χ1n) is 26.8. The summed E-state index contributed by atoms with van der Waals surface area (Å²) in [7, 11) is 0. The molecule has 0 aliphatic carbocycles. The molecule has 0 amide bonds. The molecule has 0 bridgehead atoms. The van der Waals surface area contributed by atoms with Gasteiger partial charge in [0.1, 0.15) is 13.2 Å². The van der Waals surface area contributed by atoms with E-state index in [1.54, 1.807) is 0 Å². The maximum Gasteiger partial charge on any atom is 0.306 e. The van der Waals surface area contributed by atoms with Crippen molar-refractivity contribution in [2.75, 3.05) is 13.2 Å². The van der Waals surface area contributed by atoms with Crippen molar-refractivity contribution >= 4 is 17.9 Å². The number of hydrogen-bond acceptors (Lipinski definition) is 6. The van der Waals surface area contributed by atoms with Gasteiger partial charge in [0.25, 0.3) is 0 Å². The van der Waals surface area contributed by atoms with Crippen LogP contribution in [0.5, 0.6) is 0 Å². The van der Waals surface area contributed by atoms with E-state index in [0.717, 1.165) is 89.9 Å².